The quantitative estimate of drug-likeness (QED) is 0.501. The second-order valence-electron chi connectivity index (χ2n) is 4.51. The molecule has 1 rings (SSSR count). The zero-order valence-corrected chi connectivity index (χ0v) is 13.3. The SMILES string of the molecule is NC(CCC(=O)O)C(=O)O.NCCSCCc1ccccc1. The Morgan fingerprint density at radius 2 is 1.77 bits per heavy atom. The largest absolute Gasteiger partial charge is 0.481 e. The van der Waals surface area contributed by atoms with Crippen molar-refractivity contribution in [3.8, 4) is 0 Å². The number of carboxylic acid groups (broad SMARTS) is 2. The lowest BCUT2D eigenvalue weighted by atomic mass is 10.2. The Bertz CT molecular complexity index is 429. The first-order chi connectivity index (χ1) is 10.5. The van der Waals surface area contributed by atoms with Crippen LogP contribution in [0.4, 0.5) is 0 Å². The van der Waals surface area contributed by atoms with Crippen LogP contribution in [0.2, 0.25) is 0 Å². The van der Waals surface area contributed by atoms with Crippen molar-refractivity contribution in [1.82, 2.24) is 0 Å². The Labute approximate surface area is 134 Å². The number of carboxylic acids is 2. The molecule has 0 radical (unpaired) electrons. The van der Waals surface area contributed by atoms with E-state index in [1.54, 1.807) is 0 Å². The van der Waals surface area contributed by atoms with E-state index in [0.29, 0.717) is 0 Å². The summed E-state index contributed by atoms with van der Waals surface area (Å²) in [4.78, 5) is 19.9. The first kappa shape index (κ1) is 20.4. The highest BCUT2D eigenvalue weighted by molar-refractivity contribution is 7.99. The van der Waals surface area contributed by atoms with E-state index < -0.39 is 18.0 Å². The van der Waals surface area contributed by atoms with Crippen molar-refractivity contribution < 1.29 is 19.8 Å². The minimum absolute atomic E-state index is 0.0231. The highest BCUT2D eigenvalue weighted by Gasteiger charge is 2.12. The molecule has 1 atom stereocenters. The van der Waals surface area contributed by atoms with E-state index >= 15 is 0 Å². The van der Waals surface area contributed by atoms with Crippen molar-refractivity contribution in [2.75, 3.05) is 18.1 Å². The average molecular weight is 328 g/mol. The topological polar surface area (TPSA) is 127 Å². The van der Waals surface area contributed by atoms with Gasteiger partial charge in [-0.25, -0.2) is 0 Å². The molecule has 1 aromatic carbocycles. The number of rotatable bonds is 9. The molecule has 0 aromatic heterocycles. The Balaban J connectivity index is 0.000000409. The van der Waals surface area contributed by atoms with Crippen LogP contribution >= 0.6 is 11.8 Å². The molecule has 0 heterocycles. The Hall–Kier alpha value is -1.57. The number of thioether (sulfide) groups is 1. The maximum atomic E-state index is 9.99. The van der Waals surface area contributed by atoms with Crippen molar-refractivity contribution in [3.05, 3.63) is 35.9 Å². The molecule has 0 spiro atoms. The summed E-state index contributed by atoms with van der Waals surface area (Å²) in [5, 5.41) is 16.3. The molecule has 0 aliphatic heterocycles. The highest BCUT2D eigenvalue weighted by Crippen LogP contribution is 2.05. The average Bonchev–Trinajstić information content (AvgIpc) is 2.50. The first-order valence-electron chi connectivity index (χ1n) is 6.99. The molecule has 0 fully saturated rings. The van der Waals surface area contributed by atoms with Crippen LogP contribution < -0.4 is 11.5 Å². The molecule has 124 valence electrons. The number of carbonyl (C=O) groups is 2. The van der Waals surface area contributed by atoms with Gasteiger partial charge in [0.25, 0.3) is 0 Å². The van der Waals surface area contributed by atoms with Gasteiger partial charge in [-0.15, -0.1) is 0 Å². The number of aryl methyl sites for hydroxylation is 1. The molecular formula is C15H24N2O4S. The molecule has 0 saturated heterocycles. The van der Waals surface area contributed by atoms with E-state index in [2.05, 4.69) is 30.3 Å². The van der Waals surface area contributed by atoms with Crippen LogP contribution in [0, 0.1) is 0 Å². The minimum atomic E-state index is -1.17. The van der Waals surface area contributed by atoms with Gasteiger partial charge in [0.15, 0.2) is 0 Å². The molecule has 0 amide bonds. The van der Waals surface area contributed by atoms with Gasteiger partial charge in [0.05, 0.1) is 0 Å². The normalized spacial score (nSPS) is 11.2. The molecule has 0 saturated carbocycles. The molecule has 0 aliphatic rings. The zero-order chi connectivity index (χ0) is 16.8. The van der Waals surface area contributed by atoms with Crippen LogP contribution in [0.1, 0.15) is 18.4 Å². The number of hydrogen-bond donors (Lipinski definition) is 4. The van der Waals surface area contributed by atoms with Crippen molar-refractivity contribution in [3.63, 3.8) is 0 Å². The zero-order valence-electron chi connectivity index (χ0n) is 12.5. The minimum Gasteiger partial charge on any atom is -0.481 e. The predicted octanol–water partition coefficient (Wildman–Crippen LogP) is 1.18. The standard InChI is InChI=1S/C10H15NS.C5H9NO4/c11-7-9-12-8-6-10-4-2-1-3-5-10;6-3(5(9)10)1-2-4(7)8/h1-5H,6-9,11H2;3H,1-2,6H2,(H,7,8)(H,9,10). The van der Waals surface area contributed by atoms with E-state index in [4.69, 9.17) is 21.7 Å². The van der Waals surface area contributed by atoms with Gasteiger partial charge in [-0.2, -0.15) is 11.8 Å². The van der Waals surface area contributed by atoms with Crippen LogP contribution in [0.3, 0.4) is 0 Å². The molecular weight excluding hydrogens is 304 g/mol. The molecule has 1 aromatic rings. The lowest BCUT2D eigenvalue weighted by Crippen LogP contribution is -2.30. The van der Waals surface area contributed by atoms with Crippen molar-refractivity contribution in [2.45, 2.75) is 25.3 Å². The molecule has 0 aliphatic carbocycles. The first-order valence-corrected chi connectivity index (χ1v) is 8.14. The van der Waals surface area contributed by atoms with Gasteiger partial charge >= 0.3 is 11.9 Å². The maximum Gasteiger partial charge on any atom is 0.320 e. The van der Waals surface area contributed by atoms with Gasteiger partial charge in [0, 0.05) is 18.7 Å². The van der Waals surface area contributed by atoms with Gasteiger partial charge in [-0.3, -0.25) is 9.59 Å². The summed E-state index contributed by atoms with van der Waals surface area (Å²) < 4.78 is 0. The lowest BCUT2D eigenvalue weighted by molar-refractivity contribution is -0.139. The van der Waals surface area contributed by atoms with Crippen LogP contribution in [0.15, 0.2) is 30.3 Å². The van der Waals surface area contributed by atoms with Gasteiger partial charge < -0.3 is 21.7 Å². The van der Waals surface area contributed by atoms with E-state index in [1.807, 2.05) is 11.8 Å². The molecule has 6 N–H and O–H groups in total. The third-order valence-corrected chi connectivity index (χ3v) is 3.64. The molecule has 22 heavy (non-hydrogen) atoms. The fourth-order valence-electron chi connectivity index (χ4n) is 1.42. The molecule has 0 bridgehead atoms. The van der Waals surface area contributed by atoms with Crippen molar-refractivity contribution >= 4 is 23.7 Å². The van der Waals surface area contributed by atoms with E-state index in [0.717, 1.165) is 18.7 Å². The Kier molecular flexibility index (Phi) is 12.2. The van der Waals surface area contributed by atoms with Crippen LogP contribution in [0.25, 0.3) is 0 Å². The van der Waals surface area contributed by atoms with Gasteiger partial charge in [-0.05, 0) is 24.2 Å². The van der Waals surface area contributed by atoms with E-state index in [1.165, 1.54) is 11.3 Å². The third kappa shape index (κ3) is 12.2. The lowest BCUT2D eigenvalue weighted by Gasteiger charge is -2.01. The van der Waals surface area contributed by atoms with Gasteiger partial charge in [0.2, 0.25) is 0 Å². The Morgan fingerprint density at radius 1 is 1.14 bits per heavy atom. The molecule has 1 unspecified atom stereocenters. The summed E-state index contributed by atoms with van der Waals surface area (Å²) in [7, 11) is 0. The third-order valence-electron chi connectivity index (χ3n) is 2.63. The van der Waals surface area contributed by atoms with Gasteiger partial charge in [0.1, 0.15) is 6.04 Å². The number of aliphatic carboxylic acids is 2. The summed E-state index contributed by atoms with van der Waals surface area (Å²) >= 11 is 1.92. The highest BCUT2D eigenvalue weighted by atomic mass is 32.2. The van der Waals surface area contributed by atoms with Gasteiger partial charge in [-0.1, -0.05) is 30.3 Å². The van der Waals surface area contributed by atoms with E-state index in [9.17, 15) is 9.59 Å². The summed E-state index contributed by atoms with van der Waals surface area (Å²) in [6.07, 6.45) is 0.934. The second kappa shape index (κ2) is 13.1. The smallest absolute Gasteiger partial charge is 0.320 e. The Morgan fingerprint density at radius 3 is 2.27 bits per heavy atom. The number of hydrogen-bond acceptors (Lipinski definition) is 5. The maximum absolute atomic E-state index is 9.99. The fourth-order valence-corrected chi connectivity index (χ4v) is 2.17. The van der Waals surface area contributed by atoms with Crippen molar-refractivity contribution in [2.24, 2.45) is 11.5 Å². The number of nitrogens with two attached hydrogens (primary N) is 2. The summed E-state index contributed by atoms with van der Waals surface area (Å²) in [6.45, 7) is 0.791. The summed E-state index contributed by atoms with van der Waals surface area (Å²) in [5.74, 6) is 0.0616. The second-order valence-corrected chi connectivity index (χ2v) is 5.74. The van der Waals surface area contributed by atoms with Crippen LogP contribution in [0.5, 0.6) is 0 Å². The van der Waals surface area contributed by atoms with Crippen molar-refractivity contribution in [1.29, 1.82) is 0 Å². The fraction of sp³-hybridized carbons (Fsp3) is 0.467. The summed E-state index contributed by atoms with van der Waals surface area (Å²) in [6, 6.07) is 9.50. The number of benzene rings is 1. The van der Waals surface area contributed by atoms with Crippen LogP contribution in [-0.2, 0) is 16.0 Å². The van der Waals surface area contributed by atoms with Crippen LogP contribution in [-0.4, -0.2) is 46.2 Å². The summed E-state index contributed by atoms with van der Waals surface area (Å²) in [5.41, 5.74) is 11.8. The monoisotopic (exact) mass is 328 g/mol. The predicted molar refractivity (Wildman–Crippen MR) is 89.0 cm³/mol. The molecule has 7 heteroatoms. The molecule has 6 nitrogen and oxygen atoms in total. The van der Waals surface area contributed by atoms with E-state index in [-0.39, 0.29) is 12.8 Å².